The van der Waals surface area contributed by atoms with Crippen LogP contribution in [-0.2, 0) is 19.1 Å². The van der Waals surface area contributed by atoms with Gasteiger partial charge in [0.15, 0.2) is 0 Å². The molecule has 1 aliphatic carbocycles. The molecule has 20 heavy (non-hydrogen) atoms. The summed E-state index contributed by atoms with van der Waals surface area (Å²) in [6.45, 7) is 2.67. The molecule has 106 valence electrons. The number of aliphatic hydroxyl groups excluding tert-OH is 1. The molecule has 0 radical (unpaired) electrons. The van der Waals surface area contributed by atoms with E-state index in [9.17, 15) is 14.7 Å². The van der Waals surface area contributed by atoms with E-state index in [0.717, 1.165) is 11.1 Å². The minimum atomic E-state index is -0.837. The molecule has 0 aromatic heterocycles. The van der Waals surface area contributed by atoms with Crippen molar-refractivity contribution in [3.05, 3.63) is 41.0 Å². The molecule has 0 amide bonds. The van der Waals surface area contributed by atoms with Crippen LogP contribution in [0.2, 0.25) is 0 Å². The quantitative estimate of drug-likeness (QED) is 0.846. The SMILES string of the molecule is CC(=O)OCC1=C(COC(C)=O)C(O)c2ccccc21. The van der Waals surface area contributed by atoms with Gasteiger partial charge in [0.2, 0.25) is 0 Å². The lowest BCUT2D eigenvalue weighted by Gasteiger charge is -2.11. The highest BCUT2D eigenvalue weighted by Crippen LogP contribution is 2.40. The Hall–Kier alpha value is -2.14. The van der Waals surface area contributed by atoms with Crippen LogP contribution >= 0.6 is 0 Å². The molecule has 0 spiro atoms. The molecule has 1 N–H and O–H groups in total. The topological polar surface area (TPSA) is 72.8 Å². The van der Waals surface area contributed by atoms with Crippen LogP contribution in [0, 0.1) is 0 Å². The number of benzene rings is 1. The fourth-order valence-electron chi connectivity index (χ4n) is 2.23. The van der Waals surface area contributed by atoms with Gasteiger partial charge >= 0.3 is 11.9 Å². The van der Waals surface area contributed by atoms with Crippen LogP contribution in [0.1, 0.15) is 31.1 Å². The second-order valence-corrected chi connectivity index (χ2v) is 4.55. The van der Waals surface area contributed by atoms with Crippen molar-refractivity contribution in [2.45, 2.75) is 20.0 Å². The van der Waals surface area contributed by atoms with Crippen molar-refractivity contribution >= 4 is 17.5 Å². The number of hydrogen-bond acceptors (Lipinski definition) is 5. The van der Waals surface area contributed by atoms with Crippen molar-refractivity contribution in [3.63, 3.8) is 0 Å². The number of fused-ring (bicyclic) bond motifs is 1. The largest absolute Gasteiger partial charge is 0.461 e. The standard InChI is InChI=1S/C15H16O5/c1-9(16)19-7-13-11-5-3-4-6-12(11)15(18)14(13)8-20-10(2)17/h3-6,15,18H,7-8H2,1-2H3. The number of esters is 2. The number of hydrogen-bond donors (Lipinski definition) is 1. The third kappa shape index (κ3) is 2.88. The van der Waals surface area contributed by atoms with Crippen LogP contribution in [0.3, 0.4) is 0 Å². The Morgan fingerprint density at radius 1 is 1.10 bits per heavy atom. The van der Waals surface area contributed by atoms with Crippen molar-refractivity contribution < 1.29 is 24.2 Å². The molecule has 2 rings (SSSR count). The van der Waals surface area contributed by atoms with Crippen LogP contribution in [-0.4, -0.2) is 30.3 Å². The molecule has 1 aromatic rings. The van der Waals surface area contributed by atoms with Gasteiger partial charge in [-0.15, -0.1) is 0 Å². The summed E-state index contributed by atoms with van der Waals surface area (Å²) in [5, 5.41) is 10.3. The van der Waals surface area contributed by atoms with Crippen molar-refractivity contribution in [2.75, 3.05) is 13.2 Å². The van der Waals surface area contributed by atoms with Gasteiger partial charge in [0, 0.05) is 25.0 Å². The lowest BCUT2D eigenvalue weighted by Crippen LogP contribution is -2.10. The smallest absolute Gasteiger partial charge is 0.302 e. The van der Waals surface area contributed by atoms with Gasteiger partial charge in [0.25, 0.3) is 0 Å². The summed E-state index contributed by atoms with van der Waals surface area (Å²) in [7, 11) is 0. The van der Waals surface area contributed by atoms with E-state index in [0.29, 0.717) is 11.1 Å². The Kier molecular flexibility index (Phi) is 4.20. The summed E-state index contributed by atoms with van der Waals surface area (Å²) in [5.41, 5.74) is 2.81. The zero-order valence-corrected chi connectivity index (χ0v) is 11.4. The van der Waals surface area contributed by atoms with E-state index in [1.54, 1.807) is 6.07 Å². The average Bonchev–Trinajstić information content (AvgIpc) is 2.67. The molecule has 0 saturated carbocycles. The summed E-state index contributed by atoms with van der Waals surface area (Å²) < 4.78 is 9.99. The maximum Gasteiger partial charge on any atom is 0.302 e. The van der Waals surface area contributed by atoms with E-state index in [1.165, 1.54) is 13.8 Å². The molecular formula is C15H16O5. The molecular weight excluding hydrogens is 260 g/mol. The zero-order chi connectivity index (χ0) is 14.7. The van der Waals surface area contributed by atoms with E-state index in [4.69, 9.17) is 9.47 Å². The van der Waals surface area contributed by atoms with Gasteiger partial charge in [0.1, 0.15) is 19.3 Å². The maximum absolute atomic E-state index is 11.0. The highest BCUT2D eigenvalue weighted by molar-refractivity contribution is 5.80. The molecule has 1 aliphatic rings. The predicted octanol–water partition coefficient (Wildman–Crippen LogP) is 1.61. The molecule has 0 bridgehead atoms. The van der Waals surface area contributed by atoms with Crippen LogP contribution in [0.4, 0.5) is 0 Å². The summed E-state index contributed by atoms with van der Waals surface area (Å²) in [4.78, 5) is 21.9. The van der Waals surface area contributed by atoms with Gasteiger partial charge in [0.05, 0.1) is 0 Å². The minimum Gasteiger partial charge on any atom is -0.461 e. The number of aliphatic hydroxyl groups is 1. The zero-order valence-electron chi connectivity index (χ0n) is 11.4. The molecule has 1 atom stereocenters. The highest BCUT2D eigenvalue weighted by Gasteiger charge is 2.30. The monoisotopic (exact) mass is 276 g/mol. The average molecular weight is 276 g/mol. The minimum absolute atomic E-state index is 0.0121. The molecule has 5 nitrogen and oxygen atoms in total. The summed E-state index contributed by atoms with van der Waals surface area (Å²) in [6, 6.07) is 7.31. The number of rotatable bonds is 4. The summed E-state index contributed by atoms with van der Waals surface area (Å²) >= 11 is 0. The van der Waals surface area contributed by atoms with Gasteiger partial charge < -0.3 is 14.6 Å². The lowest BCUT2D eigenvalue weighted by atomic mass is 10.1. The Morgan fingerprint density at radius 3 is 2.35 bits per heavy atom. The van der Waals surface area contributed by atoms with Crippen LogP contribution in [0.5, 0.6) is 0 Å². The Balaban J connectivity index is 2.32. The molecule has 1 aromatic carbocycles. The first kappa shape index (κ1) is 14.3. The number of carbonyl (C=O) groups is 2. The van der Waals surface area contributed by atoms with Crippen LogP contribution in [0.25, 0.3) is 5.57 Å². The first-order valence-corrected chi connectivity index (χ1v) is 6.26. The number of carbonyl (C=O) groups excluding carboxylic acids is 2. The van der Waals surface area contributed by atoms with Crippen molar-refractivity contribution in [1.29, 1.82) is 0 Å². The predicted molar refractivity (Wildman–Crippen MR) is 71.6 cm³/mol. The molecule has 0 fully saturated rings. The van der Waals surface area contributed by atoms with Gasteiger partial charge in [-0.05, 0) is 11.1 Å². The highest BCUT2D eigenvalue weighted by atomic mass is 16.5. The van der Waals surface area contributed by atoms with E-state index in [-0.39, 0.29) is 13.2 Å². The molecule has 0 saturated heterocycles. The second-order valence-electron chi connectivity index (χ2n) is 4.55. The normalized spacial score (nSPS) is 16.9. The third-order valence-corrected chi connectivity index (χ3v) is 3.15. The summed E-state index contributed by atoms with van der Waals surface area (Å²) in [5.74, 6) is -0.823. The van der Waals surface area contributed by atoms with Crippen LogP contribution < -0.4 is 0 Å². The molecule has 5 heteroatoms. The second kappa shape index (κ2) is 5.88. The Labute approximate surface area is 116 Å². The fourth-order valence-corrected chi connectivity index (χ4v) is 2.23. The third-order valence-electron chi connectivity index (χ3n) is 3.15. The van der Waals surface area contributed by atoms with E-state index >= 15 is 0 Å². The Morgan fingerprint density at radius 2 is 1.70 bits per heavy atom. The van der Waals surface area contributed by atoms with Crippen LogP contribution in [0.15, 0.2) is 29.8 Å². The number of ether oxygens (including phenoxy) is 2. The van der Waals surface area contributed by atoms with E-state index in [2.05, 4.69) is 0 Å². The van der Waals surface area contributed by atoms with Crippen molar-refractivity contribution in [3.8, 4) is 0 Å². The lowest BCUT2D eigenvalue weighted by molar-refractivity contribution is -0.141. The molecule has 1 unspecified atom stereocenters. The summed E-state index contributed by atoms with van der Waals surface area (Å²) in [6.07, 6.45) is -0.837. The van der Waals surface area contributed by atoms with Gasteiger partial charge in [-0.25, -0.2) is 0 Å². The van der Waals surface area contributed by atoms with E-state index < -0.39 is 18.0 Å². The van der Waals surface area contributed by atoms with E-state index in [1.807, 2.05) is 18.2 Å². The first-order valence-electron chi connectivity index (χ1n) is 6.26. The molecule has 0 aliphatic heterocycles. The van der Waals surface area contributed by atoms with Gasteiger partial charge in [-0.2, -0.15) is 0 Å². The van der Waals surface area contributed by atoms with Crippen molar-refractivity contribution in [1.82, 2.24) is 0 Å². The first-order chi connectivity index (χ1) is 9.50. The van der Waals surface area contributed by atoms with Gasteiger partial charge in [-0.3, -0.25) is 9.59 Å². The fraction of sp³-hybridized carbons (Fsp3) is 0.333. The molecule has 0 heterocycles. The van der Waals surface area contributed by atoms with Crippen molar-refractivity contribution in [2.24, 2.45) is 0 Å². The maximum atomic E-state index is 11.0. The van der Waals surface area contributed by atoms with Gasteiger partial charge in [-0.1, -0.05) is 24.3 Å². The Bertz CT molecular complexity index is 573.